The molecule has 0 saturated heterocycles. The van der Waals surface area contributed by atoms with Gasteiger partial charge in [-0.25, -0.2) is 4.68 Å². The Bertz CT molecular complexity index is 617. The summed E-state index contributed by atoms with van der Waals surface area (Å²) in [6.45, 7) is 9.07. The van der Waals surface area contributed by atoms with E-state index in [0.29, 0.717) is 0 Å². The van der Waals surface area contributed by atoms with Gasteiger partial charge in [0.25, 0.3) is 0 Å². The molecular formula is C15H25N3O2Si. The maximum atomic E-state index is 10.3. The minimum Gasteiger partial charge on any atom is -0.432 e. The number of benzene rings is 1. The largest absolute Gasteiger partial charge is 0.432 e. The van der Waals surface area contributed by atoms with E-state index in [0.717, 1.165) is 36.0 Å². The van der Waals surface area contributed by atoms with Crippen molar-refractivity contribution in [3.8, 4) is 0 Å². The number of hydrogen-bond donors (Lipinski definition) is 2. The van der Waals surface area contributed by atoms with Crippen LogP contribution in [-0.2, 0) is 13.2 Å². The molecule has 21 heavy (non-hydrogen) atoms. The number of aryl methyl sites for hydroxylation is 1. The number of aliphatic hydroxyl groups excluding tert-OH is 1. The summed E-state index contributed by atoms with van der Waals surface area (Å²) in [7, 11) is -2.15. The van der Waals surface area contributed by atoms with Gasteiger partial charge in [0.1, 0.15) is 5.52 Å². The smallest absolute Gasteiger partial charge is 0.188 e. The molecule has 1 aromatic heterocycles. The highest BCUT2D eigenvalue weighted by molar-refractivity contribution is 6.72. The van der Waals surface area contributed by atoms with E-state index in [2.05, 4.69) is 24.2 Å². The van der Waals surface area contributed by atoms with E-state index in [1.807, 2.05) is 36.0 Å². The molecule has 2 aromatic rings. The molecule has 1 aromatic carbocycles. The van der Waals surface area contributed by atoms with Gasteiger partial charge < -0.3 is 9.90 Å². The Morgan fingerprint density at radius 1 is 1.29 bits per heavy atom. The zero-order valence-electron chi connectivity index (χ0n) is 13.3. The number of nitrogens with zero attached hydrogens (tertiary/aromatic N) is 3. The van der Waals surface area contributed by atoms with Gasteiger partial charge in [0, 0.05) is 6.54 Å². The van der Waals surface area contributed by atoms with Crippen LogP contribution in [-0.4, -0.2) is 33.2 Å². The third-order valence-electron chi connectivity index (χ3n) is 4.59. The van der Waals surface area contributed by atoms with Crippen LogP contribution in [0.5, 0.6) is 0 Å². The van der Waals surface area contributed by atoms with Crippen LogP contribution >= 0.6 is 0 Å². The lowest BCUT2D eigenvalue weighted by atomic mass is 10.1. The molecule has 0 saturated carbocycles. The van der Waals surface area contributed by atoms with E-state index in [1.165, 1.54) is 0 Å². The van der Waals surface area contributed by atoms with Gasteiger partial charge in [-0.1, -0.05) is 25.1 Å². The molecule has 0 unspecified atom stereocenters. The van der Waals surface area contributed by atoms with Crippen LogP contribution < -0.4 is 0 Å². The molecule has 2 rings (SSSR count). The van der Waals surface area contributed by atoms with E-state index in [4.69, 9.17) is 0 Å². The average molecular weight is 307 g/mol. The first-order valence-corrected chi connectivity index (χ1v) is 10.3. The number of fused-ring (bicyclic) bond motifs is 1. The first kappa shape index (κ1) is 16.1. The molecule has 2 N–H and O–H groups in total. The summed E-state index contributed by atoms with van der Waals surface area (Å²) in [5.41, 5.74) is 2.68. The van der Waals surface area contributed by atoms with E-state index in [1.54, 1.807) is 0 Å². The highest BCUT2D eigenvalue weighted by Gasteiger charge is 2.37. The lowest BCUT2D eigenvalue weighted by Gasteiger charge is -2.35. The minimum atomic E-state index is -2.15. The minimum absolute atomic E-state index is 0.0142. The fourth-order valence-corrected chi connectivity index (χ4v) is 3.04. The topological polar surface area (TPSA) is 71.2 Å². The fourth-order valence-electron chi connectivity index (χ4n) is 2.25. The molecule has 0 amide bonds. The van der Waals surface area contributed by atoms with Crippen LogP contribution in [0.15, 0.2) is 18.2 Å². The van der Waals surface area contributed by atoms with Crippen molar-refractivity contribution in [3.63, 3.8) is 0 Å². The lowest BCUT2D eigenvalue weighted by molar-refractivity contribution is 0.282. The van der Waals surface area contributed by atoms with Gasteiger partial charge in [-0.2, -0.15) is 0 Å². The molecule has 1 heterocycles. The van der Waals surface area contributed by atoms with Crippen LogP contribution in [0, 0.1) is 0 Å². The molecule has 0 aliphatic rings. The molecule has 0 atom stereocenters. The Labute approximate surface area is 126 Å². The molecule has 0 aliphatic heterocycles. The normalized spacial score (nSPS) is 13.0. The zero-order chi connectivity index (χ0) is 15.7. The maximum absolute atomic E-state index is 10.3. The summed E-state index contributed by atoms with van der Waals surface area (Å²) >= 11 is 0. The first-order chi connectivity index (χ1) is 9.74. The van der Waals surface area contributed by atoms with Gasteiger partial charge in [0.05, 0.1) is 12.1 Å². The number of aromatic nitrogens is 3. The van der Waals surface area contributed by atoms with Crippen molar-refractivity contribution < 1.29 is 9.90 Å². The maximum Gasteiger partial charge on any atom is 0.188 e. The van der Waals surface area contributed by atoms with Crippen molar-refractivity contribution in [2.75, 3.05) is 0 Å². The van der Waals surface area contributed by atoms with Crippen LogP contribution in [0.25, 0.3) is 11.0 Å². The second-order valence-electron chi connectivity index (χ2n) is 6.84. The van der Waals surface area contributed by atoms with Gasteiger partial charge in [-0.3, -0.25) is 0 Å². The third-order valence-corrected chi connectivity index (χ3v) is 8.15. The molecule has 0 aliphatic carbocycles. The van der Waals surface area contributed by atoms with Crippen molar-refractivity contribution >= 4 is 19.4 Å². The van der Waals surface area contributed by atoms with Gasteiger partial charge in [-0.05, 0) is 48.7 Å². The van der Waals surface area contributed by atoms with Gasteiger partial charge in [-0.15, -0.1) is 5.10 Å². The summed E-state index contributed by atoms with van der Waals surface area (Å²) in [6.07, 6.45) is 1.91. The summed E-state index contributed by atoms with van der Waals surface area (Å²) in [5.74, 6) is 0. The molecular weight excluding hydrogens is 282 g/mol. The van der Waals surface area contributed by atoms with Crippen molar-refractivity contribution in [2.45, 2.75) is 58.0 Å². The molecule has 5 nitrogen and oxygen atoms in total. The molecule has 6 heteroatoms. The standard InChI is InChI=1S/C15H25N3O2Si/c1-15(2,21(3,4)20)8-5-9-18-14-10-12(11-19)6-7-13(14)16-17-18/h6-7,10,19-20H,5,8-9,11H2,1-4H3. The Morgan fingerprint density at radius 3 is 2.62 bits per heavy atom. The van der Waals surface area contributed by atoms with Crippen LogP contribution in [0.1, 0.15) is 32.3 Å². The number of rotatable bonds is 6. The molecule has 116 valence electrons. The number of aliphatic hydroxyl groups is 1. The summed E-state index contributed by atoms with van der Waals surface area (Å²) in [6, 6.07) is 5.69. The van der Waals surface area contributed by atoms with Gasteiger partial charge >= 0.3 is 0 Å². The highest BCUT2D eigenvalue weighted by Crippen LogP contribution is 2.39. The van der Waals surface area contributed by atoms with Crippen molar-refractivity contribution in [2.24, 2.45) is 0 Å². The average Bonchev–Trinajstić information content (AvgIpc) is 2.79. The van der Waals surface area contributed by atoms with E-state index < -0.39 is 8.32 Å². The Morgan fingerprint density at radius 2 is 2.00 bits per heavy atom. The first-order valence-electron chi connectivity index (χ1n) is 7.40. The van der Waals surface area contributed by atoms with Gasteiger partial charge in [0.2, 0.25) is 0 Å². The Hall–Kier alpha value is -1.24. The zero-order valence-corrected chi connectivity index (χ0v) is 14.3. The molecule has 0 radical (unpaired) electrons. The van der Waals surface area contributed by atoms with Crippen molar-refractivity contribution in [3.05, 3.63) is 23.8 Å². The van der Waals surface area contributed by atoms with E-state index in [-0.39, 0.29) is 11.6 Å². The van der Waals surface area contributed by atoms with Crippen LogP contribution in [0.4, 0.5) is 0 Å². The van der Waals surface area contributed by atoms with Crippen LogP contribution in [0.3, 0.4) is 0 Å². The Kier molecular flexibility index (Phi) is 4.51. The van der Waals surface area contributed by atoms with Crippen molar-refractivity contribution in [1.29, 1.82) is 0 Å². The monoisotopic (exact) mass is 307 g/mol. The van der Waals surface area contributed by atoms with Crippen molar-refractivity contribution in [1.82, 2.24) is 15.0 Å². The molecule has 0 spiro atoms. The Balaban J connectivity index is 2.07. The lowest BCUT2D eigenvalue weighted by Crippen LogP contribution is -2.39. The number of hydrogen-bond acceptors (Lipinski definition) is 4. The fraction of sp³-hybridized carbons (Fsp3) is 0.600. The summed E-state index contributed by atoms with van der Waals surface area (Å²) in [4.78, 5) is 10.3. The second-order valence-corrected chi connectivity index (χ2v) is 11.3. The summed E-state index contributed by atoms with van der Waals surface area (Å²) < 4.78 is 1.89. The SMILES string of the molecule is CC(C)(CCCn1nnc2ccc(CO)cc21)[Si](C)(C)O. The molecule has 0 fully saturated rings. The molecule has 0 bridgehead atoms. The predicted octanol–water partition coefficient (Wildman–Crippen LogP) is 2.68. The van der Waals surface area contributed by atoms with Gasteiger partial charge in [0.15, 0.2) is 8.32 Å². The predicted molar refractivity (Wildman–Crippen MR) is 86.4 cm³/mol. The quantitative estimate of drug-likeness (QED) is 0.805. The highest BCUT2D eigenvalue weighted by atomic mass is 28.4. The van der Waals surface area contributed by atoms with Crippen LogP contribution in [0.2, 0.25) is 18.1 Å². The second kappa shape index (κ2) is 5.86. The van der Waals surface area contributed by atoms with E-state index >= 15 is 0 Å². The van der Waals surface area contributed by atoms with E-state index in [9.17, 15) is 9.90 Å². The summed E-state index contributed by atoms with van der Waals surface area (Å²) in [5, 5.41) is 17.5. The third kappa shape index (κ3) is 3.51.